The zero-order valence-corrected chi connectivity index (χ0v) is 11.5. The van der Waals surface area contributed by atoms with Gasteiger partial charge in [0.05, 0.1) is 19.7 Å². The van der Waals surface area contributed by atoms with Gasteiger partial charge >= 0.3 is 12.2 Å². The lowest BCUT2D eigenvalue weighted by Gasteiger charge is -2.24. The van der Waals surface area contributed by atoms with Gasteiger partial charge in [0, 0.05) is 6.42 Å². The van der Waals surface area contributed by atoms with Crippen LogP contribution >= 0.6 is 0 Å². The van der Waals surface area contributed by atoms with Gasteiger partial charge in [-0.05, 0) is 20.8 Å². The quantitative estimate of drug-likeness (QED) is 0.720. The van der Waals surface area contributed by atoms with E-state index in [0.717, 1.165) is 0 Å². The van der Waals surface area contributed by atoms with Crippen molar-refractivity contribution in [2.24, 2.45) is 0 Å². The summed E-state index contributed by atoms with van der Waals surface area (Å²) in [5.41, 5.74) is -0.491. The first kappa shape index (κ1) is 15.0. The Morgan fingerprint density at radius 1 is 1.42 bits per heavy atom. The molecule has 0 aliphatic carbocycles. The number of alkyl carbamates (subject to hydrolysis) is 1. The van der Waals surface area contributed by atoms with Crippen LogP contribution in [0.5, 0.6) is 0 Å². The van der Waals surface area contributed by atoms with Crippen LogP contribution in [0.15, 0.2) is 5.70 Å². The molecule has 106 valence electrons. The summed E-state index contributed by atoms with van der Waals surface area (Å²) in [6.45, 7) is 5.36. The molecule has 1 rings (SSSR count). The molecule has 1 saturated heterocycles. The Morgan fingerprint density at radius 3 is 2.53 bits per heavy atom. The number of rotatable bonds is 1. The molecule has 19 heavy (non-hydrogen) atoms. The molecule has 0 spiro atoms. The van der Waals surface area contributed by atoms with Crippen LogP contribution in [-0.2, 0) is 14.3 Å². The second kappa shape index (κ2) is 5.75. The van der Waals surface area contributed by atoms with Crippen molar-refractivity contribution in [3.05, 3.63) is 5.70 Å². The van der Waals surface area contributed by atoms with Crippen LogP contribution in [0.3, 0.4) is 0 Å². The summed E-state index contributed by atoms with van der Waals surface area (Å²) in [5.74, 6) is 1.70. The molecule has 0 radical (unpaired) electrons. The lowest BCUT2D eigenvalue weighted by atomic mass is 10.2. The molecule has 1 atom stereocenters. The molecule has 1 fully saturated rings. The van der Waals surface area contributed by atoms with Crippen molar-refractivity contribution in [1.29, 1.82) is 0 Å². The van der Waals surface area contributed by atoms with Gasteiger partial charge in [-0.25, -0.2) is 14.4 Å². The number of carbonyl (C=O) groups excluding carboxylic acids is 3. The Hall–Kier alpha value is -2.01. The minimum Gasteiger partial charge on any atom is -0.453 e. The number of carbonyl (C=O) groups is 2. The molecule has 1 unspecified atom stereocenters. The molecular weight excluding hydrogens is 252 g/mol. The molecule has 1 N–H and O–H groups in total. The number of nitrogens with zero attached hydrogens (tertiary/aromatic N) is 1. The predicted molar refractivity (Wildman–Crippen MR) is 66.1 cm³/mol. The molecule has 0 aromatic carbocycles. The highest BCUT2D eigenvalue weighted by Gasteiger charge is 2.35. The van der Waals surface area contributed by atoms with Crippen molar-refractivity contribution in [2.75, 3.05) is 13.7 Å². The number of methoxy groups -OCH3 is 1. The largest absolute Gasteiger partial charge is 0.453 e. The van der Waals surface area contributed by atoms with Gasteiger partial charge in [0.15, 0.2) is 0 Å². The minimum absolute atomic E-state index is 0.161. The van der Waals surface area contributed by atoms with Gasteiger partial charge in [-0.1, -0.05) is 0 Å². The topological polar surface area (TPSA) is 84.9 Å². The second-order valence-corrected chi connectivity index (χ2v) is 5.18. The predicted octanol–water partition coefficient (Wildman–Crippen LogP) is 1.07. The lowest BCUT2D eigenvalue weighted by Crippen LogP contribution is -2.40. The van der Waals surface area contributed by atoms with Crippen LogP contribution in [0.1, 0.15) is 27.2 Å². The van der Waals surface area contributed by atoms with Crippen LogP contribution < -0.4 is 5.32 Å². The van der Waals surface area contributed by atoms with E-state index in [2.05, 4.69) is 10.1 Å². The third kappa shape index (κ3) is 4.30. The third-order valence-electron chi connectivity index (χ3n) is 2.41. The van der Waals surface area contributed by atoms with Gasteiger partial charge in [0.2, 0.25) is 0 Å². The van der Waals surface area contributed by atoms with E-state index in [4.69, 9.17) is 4.74 Å². The molecule has 0 aromatic heterocycles. The zero-order chi connectivity index (χ0) is 14.6. The standard InChI is InChI=1S/C12H18N2O5/c1-12(2,3)19-11(17)14-6-8(5-9(14)7-15)13-10(16)18-4/h8H,5-6H2,1-4H3,(H,13,16). The van der Waals surface area contributed by atoms with Crippen molar-refractivity contribution < 1.29 is 23.9 Å². The molecular formula is C12H18N2O5. The van der Waals surface area contributed by atoms with Crippen LogP contribution in [-0.4, -0.2) is 48.3 Å². The average molecular weight is 270 g/mol. The van der Waals surface area contributed by atoms with E-state index < -0.39 is 17.8 Å². The van der Waals surface area contributed by atoms with E-state index >= 15 is 0 Å². The summed E-state index contributed by atoms with van der Waals surface area (Å²) in [6.07, 6.45) is -1.01. The van der Waals surface area contributed by atoms with Crippen LogP contribution in [0, 0.1) is 0 Å². The maximum absolute atomic E-state index is 11.9. The van der Waals surface area contributed by atoms with Crippen molar-refractivity contribution >= 4 is 18.1 Å². The van der Waals surface area contributed by atoms with Crippen LogP contribution in [0.2, 0.25) is 0 Å². The van der Waals surface area contributed by atoms with E-state index in [1.807, 2.05) is 0 Å². The first-order chi connectivity index (χ1) is 8.76. The number of amides is 2. The molecule has 1 aliphatic heterocycles. The first-order valence-corrected chi connectivity index (χ1v) is 5.86. The number of hydrogen-bond donors (Lipinski definition) is 1. The zero-order valence-electron chi connectivity index (χ0n) is 11.5. The van der Waals surface area contributed by atoms with Crippen molar-refractivity contribution in [3.63, 3.8) is 0 Å². The molecule has 1 heterocycles. The van der Waals surface area contributed by atoms with E-state index in [9.17, 15) is 14.4 Å². The first-order valence-electron chi connectivity index (χ1n) is 5.86. The highest BCUT2D eigenvalue weighted by atomic mass is 16.6. The summed E-state index contributed by atoms with van der Waals surface area (Å²) in [6, 6.07) is -0.378. The number of nitrogens with one attached hydrogen (secondary N) is 1. The van der Waals surface area contributed by atoms with Crippen molar-refractivity contribution in [1.82, 2.24) is 10.2 Å². The molecule has 2 amide bonds. The van der Waals surface area contributed by atoms with E-state index in [0.29, 0.717) is 0 Å². The average Bonchev–Trinajstić information content (AvgIpc) is 2.69. The third-order valence-corrected chi connectivity index (χ3v) is 2.41. The Labute approximate surface area is 111 Å². The highest BCUT2D eigenvalue weighted by Crippen LogP contribution is 2.22. The number of likely N-dealkylation sites (tertiary alicyclic amines) is 1. The fourth-order valence-electron chi connectivity index (χ4n) is 1.66. The summed E-state index contributed by atoms with van der Waals surface area (Å²) >= 11 is 0. The molecule has 7 heteroatoms. The summed E-state index contributed by atoms with van der Waals surface area (Å²) in [4.78, 5) is 35.0. The Kier molecular flexibility index (Phi) is 4.56. The molecule has 0 saturated carbocycles. The van der Waals surface area contributed by atoms with Crippen molar-refractivity contribution in [3.8, 4) is 0 Å². The Morgan fingerprint density at radius 2 is 2.05 bits per heavy atom. The fraction of sp³-hybridized carbons (Fsp3) is 0.667. The van der Waals surface area contributed by atoms with E-state index in [-0.39, 0.29) is 24.7 Å². The fourth-order valence-corrected chi connectivity index (χ4v) is 1.66. The number of hydrogen-bond acceptors (Lipinski definition) is 5. The monoisotopic (exact) mass is 270 g/mol. The maximum Gasteiger partial charge on any atom is 0.415 e. The van der Waals surface area contributed by atoms with Crippen LogP contribution in [0.4, 0.5) is 9.59 Å². The van der Waals surface area contributed by atoms with Gasteiger partial charge in [0.1, 0.15) is 17.2 Å². The SMILES string of the molecule is COC(=O)NC1CC(=C=O)N(C(=O)OC(C)(C)C)C1. The van der Waals surface area contributed by atoms with Gasteiger partial charge in [-0.3, -0.25) is 4.90 Å². The lowest BCUT2D eigenvalue weighted by molar-refractivity contribution is 0.0335. The summed E-state index contributed by atoms with van der Waals surface area (Å²) in [7, 11) is 1.24. The van der Waals surface area contributed by atoms with Gasteiger partial charge < -0.3 is 14.8 Å². The highest BCUT2D eigenvalue weighted by molar-refractivity contribution is 5.75. The second-order valence-electron chi connectivity index (χ2n) is 5.18. The normalized spacial score (nSPS) is 18.8. The van der Waals surface area contributed by atoms with E-state index in [1.54, 1.807) is 26.7 Å². The molecule has 0 bridgehead atoms. The molecule has 7 nitrogen and oxygen atoms in total. The van der Waals surface area contributed by atoms with Gasteiger partial charge in [-0.15, -0.1) is 0 Å². The van der Waals surface area contributed by atoms with Gasteiger partial charge in [0.25, 0.3) is 0 Å². The van der Waals surface area contributed by atoms with Crippen molar-refractivity contribution in [2.45, 2.75) is 38.8 Å². The van der Waals surface area contributed by atoms with Gasteiger partial charge in [-0.2, -0.15) is 0 Å². The minimum atomic E-state index is -0.654. The summed E-state index contributed by atoms with van der Waals surface area (Å²) in [5, 5.41) is 2.53. The smallest absolute Gasteiger partial charge is 0.415 e. The molecule has 1 aliphatic rings. The maximum atomic E-state index is 11.9. The summed E-state index contributed by atoms with van der Waals surface area (Å²) < 4.78 is 9.64. The number of ether oxygens (including phenoxy) is 2. The van der Waals surface area contributed by atoms with Crippen LogP contribution in [0.25, 0.3) is 0 Å². The molecule has 0 aromatic rings. The van der Waals surface area contributed by atoms with E-state index in [1.165, 1.54) is 12.0 Å². The Balaban J connectivity index is 2.71. The Bertz CT molecular complexity index is 420.